The normalized spacial score (nSPS) is 10.0. The lowest BCUT2D eigenvalue weighted by Crippen LogP contribution is -2.30. The molecule has 0 aromatic heterocycles. The first-order valence-electron chi connectivity index (χ1n) is 6.19. The van der Waals surface area contributed by atoms with Crippen LogP contribution in [0.5, 0.6) is 0 Å². The second kappa shape index (κ2) is 6.91. The minimum absolute atomic E-state index is 0.0481. The third-order valence-electron chi connectivity index (χ3n) is 2.52. The van der Waals surface area contributed by atoms with Gasteiger partial charge in [-0.3, -0.25) is 4.79 Å². The first-order chi connectivity index (χ1) is 8.95. The number of carbonyl (C=O) groups is 1. The summed E-state index contributed by atoms with van der Waals surface area (Å²) in [6, 6.07) is 4.27. The first kappa shape index (κ1) is 15.2. The topological polar surface area (TPSA) is 46.3 Å². The van der Waals surface area contributed by atoms with Gasteiger partial charge in [-0.15, -0.1) is 0 Å². The van der Waals surface area contributed by atoms with E-state index in [9.17, 15) is 9.18 Å². The fourth-order valence-electron chi connectivity index (χ4n) is 1.76. The van der Waals surface area contributed by atoms with Crippen molar-refractivity contribution in [1.29, 1.82) is 0 Å². The van der Waals surface area contributed by atoms with Crippen LogP contribution in [0.25, 0.3) is 0 Å². The minimum Gasteiger partial charge on any atom is -0.341 e. The number of benzene rings is 1. The van der Waals surface area contributed by atoms with Gasteiger partial charge in [0.05, 0.1) is 12.1 Å². The highest BCUT2D eigenvalue weighted by molar-refractivity contribution is 5.94. The van der Waals surface area contributed by atoms with Gasteiger partial charge in [0.1, 0.15) is 5.82 Å². The van der Waals surface area contributed by atoms with Gasteiger partial charge in [0.15, 0.2) is 0 Å². The molecule has 0 aliphatic rings. The van der Waals surface area contributed by atoms with Gasteiger partial charge in [0.25, 0.3) is 5.91 Å². The van der Waals surface area contributed by atoms with Crippen LogP contribution in [0, 0.1) is 23.6 Å². The number of hydrogen-bond acceptors (Lipinski definition) is 2. The second-order valence-electron chi connectivity index (χ2n) is 4.78. The summed E-state index contributed by atoms with van der Waals surface area (Å²) in [5.41, 5.74) is 5.92. The molecule has 0 saturated carbocycles. The van der Waals surface area contributed by atoms with Gasteiger partial charge in [-0.25, -0.2) is 4.39 Å². The summed E-state index contributed by atoms with van der Waals surface area (Å²) in [5.74, 6) is 4.95. The molecule has 0 radical (unpaired) electrons. The van der Waals surface area contributed by atoms with Crippen LogP contribution < -0.4 is 5.73 Å². The summed E-state index contributed by atoms with van der Waals surface area (Å²) >= 11 is 0. The van der Waals surface area contributed by atoms with E-state index >= 15 is 0 Å². The van der Waals surface area contributed by atoms with Crippen LogP contribution in [0.15, 0.2) is 18.2 Å². The molecule has 102 valence electrons. The van der Waals surface area contributed by atoms with E-state index in [1.165, 1.54) is 23.1 Å². The van der Waals surface area contributed by atoms with E-state index in [4.69, 9.17) is 5.73 Å². The maximum absolute atomic E-state index is 13.7. The number of hydrogen-bond donors (Lipinski definition) is 1. The maximum Gasteiger partial charge on any atom is 0.256 e. The average molecular weight is 262 g/mol. The van der Waals surface area contributed by atoms with Crippen molar-refractivity contribution in [3.8, 4) is 11.8 Å². The zero-order valence-corrected chi connectivity index (χ0v) is 11.5. The maximum atomic E-state index is 13.7. The number of amides is 1. The molecule has 1 amide bonds. The Morgan fingerprint density at radius 2 is 2.16 bits per heavy atom. The predicted octanol–water partition coefficient (Wildman–Crippen LogP) is 1.86. The van der Waals surface area contributed by atoms with Crippen molar-refractivity contribution in [3.63, 3.8) is 0 Å². The predicted molar refractivity (Wildman–Crippen MR) is 74.1 cm³/mol. The van der Waals surface area contributed by atoms with Crippen LogP contribution >= 0.6 is 0 Å². The molecule has 0 atom stereocenters. The molecule has 0 saturated heterocycles. The van der Waals surface area contributed by atoms with Gasteiger partial charge in [0.2, 0.25) is 0 Å². The SMILES string of the molecule is CC(C)CN(C)C(=O)c1cc(C#CCN)ccc1F. The Kier molecular flexibility index (Phi) is 5.53. The third-order valence-corrected chi connectivity index (χ3v) is 2.52. The van der Waals surface area contributed by atoms with E-state index in [0.717, 1.165) is 0 Å². The molecule has 1 aromatic carbocycles. The van der Waals surface area contributed by atoms with Crippen molar-refractivity contribution in [2.75, 3.05) is 20.1 Å². The number of halogens is 1. The number of rotatable bonds is 3. The highest BCUT2D eigenvalue weighted by atomic mass is 19.1. The summed E-state index contributed by atoms with van der Waals surface area (Å²) in [6.45, 7) is 4.82. The van der Waals surface area contributed by atoms with E-state index in [1.807, 2.05) is 13.8 Å². The smallest absolute Gasteiger partial charge is 0.256 e. The average Bonchev–Trinajstić information content (AvgIpc) is 2.36. The van der Waals surface area contributed by atoms with Crippen molar-refractivity contribution >= 4 is 5.91 Å². The van der Waals surface area contributed by atoms with Gasteiger partial charge in [-0.05, 0) is 24.1 Å². The van der Waals surface area contributed by atoms with Crippen LogP contribution in [0.2, 0.25) is 0 Å². The summed E-state index contributed by atoms with van der Waals surface area (Å²) < 4.78 is 13.7. The number of nitrogens with zero attached hydrogens (tertiary/aromatic N) is 1. The van der Waals surface area contributed by atoms with E-state index < -0.39 is 5.82 Å². The summed E-state index contributed by atoms with van der Waals surface area (Å²) in [7, 11) is 1.67. The number of nitrogens with two attached hydrogens (primary N) is 1. The highest BCUT2D eigenvalue weighted by Gasteiger charge is 2.17. The molecule has 0 heterocycles. The third kappa shape index (κ3) is 4.38. The van der Waals surface area contributed by atoms with Crippen molar-refractivity contribution in [1.82, 2.24) is 4.90 Å². The monoisotopic (exact) mass is 262 g/mol. The van der Waals surface area contributed by atoms with E-state index in [-0.39, 0.29) is 18.0 Å². The first-order valence-corrected chi connectivity index (χ1v) is 6.19. The fraction of sp³-hybridized carbons (Fsp3) is 0.400. The molecule has 1 aromatic rings. The lowest BCUT2D eigenvalue weighted by molar-refractivity contribution is 0.0774. The van der Waals surface area contributed by atoms with E-state index in [0.29, 0.717) is 18.0 Å². The molecule has 4 heteroatoms. The number of carbonyl (C=O) groups excluding carboxylic acids is 1. The molecule has 0 fully saturated rings. The lowest BCUT2D eigenvalue weighted by atomic mass is 10.1. The Bertz CT molecular complexity index is 515. The molecule has 1 rings (SSSR count). The second-order valence-corrected chi connectivity index (χ2v) is 4.78. The van der Waals surface area contributed by atoms with Gasteiger partial charge in [-0.2, -0.15) is 0 Å². The Hall–Kier alpha value is -1.86. The Morgan fingerprint density at radius 1 is 1.47 bits per heavy atom. The molecule has 19 heavy (non-hydrogen) atoms. The van der Waals surface area contributed by atoms with Gasteiger partial charge in [0, 0.05) is 19.2 Å². The molecular weight excluding hydrogens is 243 g/mol. The summed E-state index contributed by atoms with van der Waals surface area (Å²) in [6.07, 6.45) is 0. The zero-order chi connectivity index (χ0) is 14.4. The van der Waals surface area contributed by atoms with E-state index in [1.54, 1.807) is 7.05 Å². The molecular formula is C15H19FN2O. The molecule has 0 unspecified atom stereocenters. The Morgan fingerprint density at radius 3 is 2.74 bits per heavy atom. The zero-order valence-electron chi connectivity index (χ0n) is 11.5. The van der Waals surface area contributed by atoms with Crippen molar-refractivity contribution in [2.45, 2.75) is 13.8 Å². The standard InChI is InChI=1S/C15H19FN2O/c1-11(2)10-18(3)15(19)13-9-12(5-4-8-17)6-7-14(13)16/h6-7,9,11H,8,10,17H2,1-3H3. The Labute approximate surface area is 113 Å². The lowest BCUT2D eigenvalue weighted by Gasteiger charge is -2.19. The minimum atomic E-state index is -0.529. The molecule has 0 aliphatic heterocycles. The largest absolute Gasteiger partial charge is 0.341 e. The molecule has 0 aliphatic carbocycles. The molecule has 2 N–H and O–H groups in total. The molecule has 3 nitrogen and oxygen atoms in total. The van der Waals surface area contributed by atoms with Crippen LogP contribution in [-0.2, 0) is 0 Å². The van der Waals surface area contributed by atoms with Crippen LogP contribution in [-0.4, -0.2) is 30.9 Å². The Balaban J connectivity index is 3.01. The quantitative estimate of drug-likeness (QED) is 0.845. The van der Waals surface area contributed by atoms with Crippen LogP contribution in [0.1, 0.15) is 29.8 Å². The van der Waals surface area contributed by atoms with Crippen molar-refractivity contribution in [2.24, 2.45) is 11.7 Å². The molecule has 0 bridgehead atoms. The van der Waals surface area contributed by atoms with E-state index in [2.05, 4.69) is 11.8 Å². The summed E-state index contributed by atoms with van der Waals surface area (Å²) in [4.78, 5) is 13.7. The van der Waals surface area contributed by atoms with Gasteiger partial charge < -0.3 is 10.6 Å². The van der Waals surface area contributed by atoms with Gasteiger partial charge >= 0.3 is 0 Å². The van der Waals surface area contributed by atoms with Crippen LogP contribution in [0.4, 0.5) is 4.39 Å². The van der Waals surface area contributed by atoms with Gasteiger partial charge in [-0.1, -0.05) is 25.7 Å². The summed E-state index contributed by atoms with van der Waals surface area (Å²) in [5, 5.41) is 0. The van der Waals surface area contributed by atoms with Crippen molar-refractivity contribution < 1.29 is 9.18 Å². The van der Waals surface area contributed by atoms with Crippen LogP contribution in [0.3, 0.4) is 0 Å². The highest BCUT2D eigenvalue weighted by Crippen LogP contribution is 2.13. The molecule has 0 spiro atoms. The van der Waals surface area contributed by atoms with Crippen molar-refractivity contribution in [3.05, 3.63) is 35.1 Å². The fourth-order valence-corrected chi connectivity index (χ4v) is 1.76.